The summed E-state index contributed by atoms with van der Waals surface area (Å²) in [7, 11) is 1.62. The van der Waals surface area contributed by atoms with Crippen LogP contribution in [0.3, 0.4) is 0 Å². The van der Waals surface area contributed by atoms with Crippen LogP contribution in [0.5, 0.6) is 11.6 Å². The molecule has 264 valence electrons. The Labute approximate surface area is 280 Å². The first kappa shape index (κ1) is 34.7. The van der Waals surface area contributed by atoms with Crippen LogP contribution in [0, 0.1) is 25.5 Å². The molecule has 2 atom stereocenters. The van der Waals surface area contributed by atoms with Crippen LogP contribution in [0.15, 0.2) is 47.4 Å². The van der Waals surface area contributed by atoms with Gasteiger partial charge in [-0.2, -0.15) is 13.2 Å². The Balaban J connectivity index is 1.58. The van der Waals surface area contributed by atoms with Crippen LogP contribution in [0.2, 0.25) is 0 Å². The lowest BCUT2D eigenvalue weighted by Gasteiger charge is -2.34. The Morgan fingerprint density at radius 3 is 2.46 bits per heavy atom. The number of carboxylic acids is 1. The topological polar surface area (TPSA) is 119 Å². The van der Waals surface area contributed by atoms with Gasteiger partial charge in [0.25, 0.3) is 5.56 Å². The summed E-state index contributed by atoms with van der Waals surface area (Å²) in [5.74, 6) is -4.61. The number of fused-ring (bicyclic) bond motifs is 6. The van der Waals surface area contributed by atoms with Gasteiger partial charge in [0.15, 0.2) is 0 Å². The third-order valence-electron chi connectivity index (χ3n) is 9.03. The van der Waals surface area contributed by atoms with Crippen molar-refractivity contribution in [2.24, 2.45) is 7.05 Å². The molecule has 2 aliphatic rings. The summed E-state index contributed by atoms with van der Waals surface area (Å²) in [5.41, 5.74) is -2.39. The molecule has 0 saturated carbocycles. The van der Waals surface area contributed by atoms with E-state index < -0.39 is 76.6 Å². The predicted molar refractivity (Wildman–Crippen MR) is 167 cm³/mol. The number of rotatable bonds is 6. The van der Waals surface area contributed by atoms with Crippen LogP contribution in [0.25, 0.3) is 11.1 Å². The van der Waals surface area contributed by atoms with E-state index in [0.717, 1.165) is 18.3 Å². The van der Waals surface area contributed by atoms with E-state index in [0.29, 0.717) is 27.5 Å². The van der Waals surface area contributed by atoms with Gasteiger partial charge in [-0.3, -0.25) is 28.5 Å². The van der Waals surface area contributed by atoms with E-state index in [1.54, 1.807) is 18.9 Å². The highest BCUT2D eigenvalue weighted by atomic mass is 19.4. The van der Waals surface area contributed by atoms with Crippen molar-refractivity contribution < 1.29 is 45.8 Å². The van der Waals surface area contributed by atoms with Crippen molar-refractivity contribution >= 4 is 11.9 Å². The normalized spacial score (nSPS) is 18.2. The van der Waals surface area contributed by atoms with E-state index >= 15 is 8.78 Å². The molecule has 2 aromatic heterocycles. The molecule has 6 rings (SSSR count). The zero-order valence-corrected chi connectivity index (χ0v) is 26.9. The van der Waals surface area contributed by atoms with Crippen LogP contribution < -0.4 is 15.6 Å². The van der Waals surface area contributed by atoms with Gasteiger partial charge in [-0.25, -0.2) is 13.2 Å². The molecule has 0 spiro atoms. The highest BCUT2D eigenvalue weighted by Crippen LogP contribution is 2.40. The monoisotopic (exact) mass is 703 g/mol. The number of aliphatic carboxylic acids is 1. The first-order valence-corrected chi connectivity index (χ1v) is 15.5. The zero-order chi connectivity index (χ0) is 36.2. The SMILES string of the molecule is Cc1cc2cc(c1F)[C@@H](CC(=O)O)NC(=O)[C@H](n1cc(CCN3CC(F)C3)c(C(F)(F)F)cc1=O)c1cc(ccc1F)Oc1nn(C)c(C)c1-2. The van der Waals surface area contributed by atoms with E-state index in [2.05, 4.69) is 10.4 Å². The predicted octanol–water partition coefficient (Wildman–Crippen LogP) is 5.39. The van der Waals surface area contributed by atoms with E-state index in [9.17, 15) is 37.1 Å². The highest BCUT2D eigenvalue weighted by Gasteiger charge is 2.38. The molecular formula is C34H31F6N5O5. The van der Waals surface area contributed by atoms with E-state index in [-0.39, 0.29) is 48.8 Å². The van der Waals surface area contributed by atoms with Gasteiger partial charge in [-0.05, 0) is 67.3 Å². The lowest BCUT2D eigenvalue weighted by molar-refractivity contribution is -0.139. The van der Waals surface area contributed by atoms with Gasteiger partial charge in [0.05, 0.1) is 23.6 Å². The quantitative estimate of drug-likeness (QED) is 0.259. The zero-order valence-electron chi connectivity index (χ0n) is 26.9. The van der Waals surface area contributed by atoms with Crippen LogP contribution in [-0.4, -0.2) is 62.0 Å². The number of likely N-dealkylation sites (tertiary alicyclic amines) is 1. The van der Waals surface area contributed by atoms with Crippen molar-refractivity contribution in [1.82, 2.24) is 24.6 Å². The molecule has 0 aliphatic carbocycles. The highest BCUT2D eigenvalue weighted by molar-refractivity contribution is 5.85. The second-order valence-electron chi connectivity index (χ2n) is 12.5. The average Bonchev–Trinajstić information content (AvgIpc) is 3.29. The van der Waals surface area contributed by atoms with Crippen molar-refractivity contribution in [1.29, 1.82) is 0 Å². The maximum atomic E-state index is 15.8. The largest absolute Gasteiger partial charge is 0.481 e. The summed E-state index contributed by atoms with van der Waals surface area (Å²) < 4.78 is 95.7. The lowest BCUT2D eigenvalue weighted by Crippen LogP contribution is -2.49. The summed E-state index contributed by atoms with van der Waals surface area (Å²) in [5, 5.41) is 16.6. The molecule has 1 amide bonds. The van der Waals surface area contributed by atoms with Gasteiger partial charge in [0, 0.05) is 55.8 Å². The number of amides is 1. The smallest absolute Gasteiger partial charge is 0.416 e. The summed E-state index contributed by atoms with van der Waals surface area (Å²) in [6.45, 7) is 3.18. The molecule has 16 heteroatoms. The van der Waals surface area contributed by atoms with Crippen molar-refractivity contribution in [3.63, 3.8) is 0 Å². The Morgan fingerprint density at radius 2 is 1.80 bits per heavy atom. The second kappa shape index (κ2) is 13.0. The minimum absolute atomic E-state index is 0.000111. The number of hydrogen-bond acceptors (Lipinski definition) is 6. The van der Waals surface area contributed by atoms with Crippen LogP contribution in [0.4, 0.5) is 26.3 Å². The summed E-state index contributed by atoms with van der Waals surface area (Å²) >= 11 is 0. The average molecular weight is 704 g/mol. The number of aryl methyl sites for hydroxylation is 2. The molecule has 2 aromatic carbocycles. The van der Waals surface area contributed by atoms with E-state index in [1.165, 1.54) is 29.8 Å². The van der Waals surface area contributed by atoms with E-state index in [1.807, 2.05) is 0 Å². The van der Waals surface area contributed by atoms with Gasteiger partial charge < -0.3 is 15.2 Å². The standard InChI is InChI=1S/C34H31F6N5O5/c1-16-8-19-9-23(30(16)37)26(12-28(47)48)41-32(49)31(22-10-21(4-5-25(22)36)50-33-29(19)17(2)43(3)42-33)45-13-18(6-7-44-14-20(35)15-44)24(11-27(45)46)34(38,39)40/h4-5,8-11,13,20,26,31H,6-7,12,14-15H2,1-3H3,(H,41,49)(H,47,48)/t26-,31-/m1/s1. The maximum absolute atomic E-state index is 15.8. The molecular weight excluding hydrogens is 672 g/mol. The molecule has 0 radical (unpaired) electrons. The van der Waals surface area contributed by atoms with Gasteiger partial charge in [0.1, 0.15) is 29.6 Å². The van der Waals surface area contributed by atoms with Crippen molar-refractivity contribution in [3.8, 4) is 22.8 Å². The van der Waals surface area contributed by atoms with Crippen molar-refractivity contribution in [2.75, 3.05) is 19.6 Å². The third-order valence-corrected chi connectivity index (χ3v) is 9.03. The van der Waals surface area contributed by atoms with Crippen LogP contribution >= 0.6 is 0 Å². The second-order valence-corrected chi connectivity index (χ2v) is 12.5. The van der Waals surface area contributed by atoms with Gasteiger partial charge >= 0.3 is 12.1 Å². The van der Waals surface area contributed by atoms with Crippen molar-refractivity contribution in [3.05, 3.63) is 98.1 Å². The number of benzene rings is 2. The minimum atomic E-state index is -4.98. The lowest BCUT2D eigenvalue weighted by atomic mass is 9.94. The van der Waals surface area contributed by atoms with E-state index in [4.69, 9.17) is 4.74 Å². The molecule has 1 fully saturated rings. The Hall–Kier alpha value is -5.12. The molecule has 4 bridgehead atoms. The Kier molecular flexibility index (Phi) is 9.01. The fourth-order valence-corrected chi connectivity index (χ4v) is 6.39. The molecule has 4 heterocycles. The molecule has 50 heavy (non-hydrogen) atoms. The van der Waals surface area contributed by atoms with Gasteiger partial charge in [0.2, 0.25) is 11.8 Å². The van der Waals surface area contributed by atoms with Crippen LogP contribution in [-0.2, 0) is 29.2 Å². The molecule has 2 aliphatic heterocycles. The molecule has 10 nitrogen and oxygen atoms in total. The number of ether oxygens (including phenoxy) is 1. The minimum Gasteiger partial charge on any atom is -0.481 e. The Bertz CT molecular complexity index is 2070. The number of pyridine rings is 1. The number of halogens is 6. The number of aromatic nitrogens is 3. The summed E-state index contributed by atoms with van der Waals surface area (Å²) in [4.78, 5) is 41.3. The third kappa shape index (κ3) is 6.58. The summed E-state index contributed by atoms with van der Waals surface area (Å²) in [6.07, 6.45) is -6.46. The number of carbonyl (C=O) groups is 2. The first-order chi connectivity index (χ1) is 23.5. The number of carbonyl (C=O) groups excluding carboxylic acids is 1. The summed E-state index contributed by atoms with van der Waals surface area (Å²) in [6, 6.07) is 2.75. The number of alkyl halides is 4. The van der Waals surface area contributed by atoms with Crippen LogP contribution in [0.1, 0.15) is 52.0 Å². The van der Waals surface area contributed by atoms with Crippen molar-refractivity contribution in [2.45, 2.75) is 51.1 Å². The Morgan fingerprint density at radius 1 is 1.08 bits per heavy atom. The maximum Gasteiger partial charge on any atom is 0.416 e. The molecule has 4 aromatic rings. The first-order valence-electron chi connectivity index (χ1n) is 15.5. The van der Waals surface area contributed by atoms with Gasteiger partial charge in [-0.15, -0.1) is 5.10 Å². The molecule has 0 unspecified atom stereocenters. The van der Waals surface area contributed by atoms with Gasteiger partial charge in [-0.1, -0.05) is 0 Å². The molecule has 2 N–H and O–H groups in total. The number of carboxylic acid groups (broad SMARTS) is 1. The fourth-order valence-electron chi connectivity index (χ4n) is 6.39. The molecule has 1 saturated heterocycles. The number of hydrogen-bond donors (Lipinski definition) is 2. The number of nitrogens with one attached hydrogen (secondary N) is 1. The fraction of sp³-hybridized carbons (Fsp3) is 0.353. The number of nitrogens with zero attached hydrogens (tertiary/aromatic N) is 4.